The van der Waals surface area contributed by atoms with Crippen LogP contribution in [-0.4, -0.2) is 17.0 Å². The lowest BCUT2D eigenvalue weighted by Gasteiger charge is -2.45. The third-order valence-electron chi connectivity index (χ3n) is 6.78. The molecular formula is C26H29F3O2. The Morgan fingerprint density at radius 2 is 1.48 bits per heavy atom. The first-order chi connectivity index (χ1) is 14.5. The van der Waals surface area contributed by atoms with E-state index in [2.05, 4.69) is 0 Å². The first-order valence-electron chi connectivity index (χ1n) is 10.8. The summed E-state index contributed by atoms with van der Waals surface area (Å²) in [4.78, 5) is 13.5. The van der Waals surface area contributed by atoms with Gasteiger partial charge in [-0.25, -0.2) is 13.2 Å². The maximum absolute atomic E-state index is 14.4. The van der Waals surface area contributed by atoms with E-state index in [0.717, 1.165) is 22.8 Å². The van der Waals surface area contributed by atoms with Crippen LogP contribution < -0.4 is 0 Å². The Kier molecular flexibility index (Phi) is 6.21. The third kappa shape index (κ3) is 3.73. The molecule has 0 bridgehead atoms. The van der Waals surface area contributed by atoms with Crippen LogP contribution in [0.4, 0.5) is 13.2 Å². The van der Waals surface area contributed by atoms with Gasteiger partial charge in [-0.05, 0) is 74.4 Å². The molecule has 0 N–H and O–H groups in total. The average molecular weight is 431 g/mol. The summed E-state index contributed by atoms with van der Waals surface area (Å²) in [5, 5.41) is 0. The zero-order valence-corrected chi connectivity index (χ0v) is 19.0. The quantitative estimate of drug-likeness (QED) is 0.476. The van der Waals surface area contributed by atoms with Gasteiger partial charge in [-0.1, -0.05) is 39.0 Å². The van der Waals surface area contributed by atoms with E-state index < -0.39 is 28.7 Å². The maximum atomic E-state index is 14.4. The number of Topliss-reactive ketones (excluding diaryl/α,β-unsaturated/α-hetero) is 1. The predicted octanol–water partition coefficient (Wildman–Crippen LogP) is 7.04. The summed E-state index contributed by atoms with van der Waals surface area (Å²) in [7, 11) is 0. The Morgan fingerprint density at radius 3 is 2.06 bits per heavy atom. The minimum absolute atomic E-state index is 0.0130. The van der Waals surface area contributed by atoms with Crippen molar-refractivity contribution in [1.29, 1.82) is 0 Å². The van der Waals surface area contributed by atoms with E-state index in [4.69, 9.17) is 4.74 Å². The van der Waals surface area contributed by atoms with Crippen molar-refractivity contribution in [2.75, 3.05) is 0 Å². The molecule has 5 heteroatoms. The molecule has 2 aromatic carbocycles. The molecule has 1 heterocycles. The summed E-state index contributed by atoms with van der Waals surface area (Å²) < 4.78 is 47.8. The molecule has 2 aromatic rings. The van der Waals surface area contributed by atoms with Crippen molar-refractivity contribution >= 4 is 11.4 Å². The van der Waals surface area contributed by atoms with Crippen LogP contribution in [0.3, 0.4) is 0 Å². The van der Waals surface area contributed by atoms with E-state index in [1.165, 1.54) is 6.07 Å². The highest BCUT2D eigenvalue weighted by Crippen LogP contribution is 2.45. The molecule has 0 saturated carbocycles. The fourth-order valence-electron chi connectivity index (χ4n) is 4.26. The summed E-state index contributed by atoms with van der Waals surface area (Å²) in [6, 6.07) is 7.33. The number of carbonyl (C=O) groups excluding carboxylic acids is 1. The number of benzene rings is 2. The van der Waals surface area contributed by atoms with Gasteiger partial charge < -0.3 is 4.74 Å². The van der Waals surface area contributed by atoms with Crippen LogP contribution in [-0.2, 0) is 16.0 Å². The van der Waals surface area contributed by atoms with Crippen molar-refractivity contribution in [3.05, 3.63) is 64.5 Å². The Bertz CT molecular complexity index is 1070. The fraction of sp³-hybridized carbons (Fsp3) is 0.423. The number of rotatable bonds is 5. The highest BCUT2D eigenvalue weighted by atomic mass is 19.2. The summed E-state index contributed by atoms with van der Waals surface area (Å²) in [5.74, 6) is -4.00. The molecule has 0 aromatic heterocycles. The second kappa shape index (κ2) is 8.27. The number of aryl methyl sites for hydroxylation is 1. The monoisotopic (exact) mass is 430 g/mol. The molecule has 1 aliphatic rings. The molecule has 3 rings (SSSR count). The summed E-state index contributed by atoms with van der Waals surface area (Å²) in [5.41, 5.74) is 2.02. The number of carbonyl (C=O) groups is 1. The van der Waals surface area contributed by atoms with E-state index in [0.29, 0.717) is 30.4 Å². The van der Waals surface area contributed by atoms with Gasteiger partial charge in [-0.2, -0.15) is 0 Å². The molecular weight excluding hydrogens is 401 g/mol. The first-order valence-corrected chi connectivity index (χ1v) is 10.8. The lowest BCUT2D eigenvalue weighted by molar-refractivity contribution is -0.160. The van der Waals surface area contributed by atoms with E-state index in [-0.39, 0.29) is 11.3 Å². The van der Waals surface area contributed by atoms with Gasteiger partial charge >= 0.3 is 0 Å². The van der Waals surface area contributed by atoms with Gasteiger partial charge in [0.2, 0.25) is 0 Å². The Labute approximate surface area is 182 Å². The van der Waals surface area contributed by atoms with Crippen LogP contribution in [0.25, 0.3) is 16.7 Å². The van der Waals surface area contributed by atoms with Gasteiger partial charge in [0.1, 0.15) is 5.60 Å². The summed E-state index contributed by atoms with van der Waals surface area (Å²) >= 11 is 0. The van der Waals surface area contributed by atoms with Crippen molar-refractivity contribution in [3.63, 3.8) is 0 Å². The number of ether oxygens (including phenoxy) is 1. The van der Waals surface area contributed by atoms with Gasteiger partial charge in [0.25, 0.3) is 0 Å². The first kappa shape index (κ1) is 23.3. The Hall–Kier alpha value is -2.40. The molecule has 0 radical (unpaired) electrons. The van der Waals surface area contributed by atoms with E-state index in [1.807, 2.05) is 41.5 Å². The summed E-state index contributed by atoms with van der Waals surface area (Å²) in [6.07, 6.45) is 1.84. The zero-order valence-electron chi connectivity index (χ0n) is 19.0. The minimum Gasteiger partial charge on any atom is -0.357 e. The van der Waals surface area contributed by atoms with Gasteiger partial charge in [0.15, 0.2) is 23.2 Å². The lowest BCUT2D eigenvalue weighted by Crippen LogP contribution is -2.51. The molecule has 2 nitrogen and oxygen atoms in total. The Balaban J connectivity index is 2.22. The number of halogens is 3. The molecule has 0 fully saturated rings. The van der Waals surface area contributed by atoms with Crippen LogP contribution in [0.5, 0.6) is 0 Å². The van der Waals surface area contributed by atoms with Gasteiger partial charge in [-0.3, -0.25) is 4.79 Å². The van der Waals surface area contributed by atoms with Gasteiger partial charge in [0.05, 0.1) is 5.60 Å². The second-order valence-electron chi connectivity index (χ2n) is 8.55. The van der Waals surface area contributed by atoms with E-state index >= 15 is 0 Å². The van der Waals surface area contributed by atoms with Crippen molar-refractivity contribution in [2.45, 2.75) is 72.0 Å². The molecule has 0 spiro atoms. The average Bonchev–Trinajstić information content (AvgIpc) is 2.76. The van der Waals surface area contributed by atoms with Crippen LogP contribution in [0, 0.1) is 17.5 Å². The van der Waals surface area contributed by atoms with E-state index in [1.54, 1.807) is 18.2 Å². The second-order valence-corrected chi connectivity index (χ2v) is 8.55. The SMILES string of the molecule is CCc1cc(-c2ccc(F)c(F)c2F)ccc1C1=C(C)C(C)(CC)OC(C)(CC)C1=O. The maximum Gasteiger partial charge on any atom is 0.195 e. The van der Waals surface area contributed by atoms with Crippen molar-refractivity contribution in [2.24, 2.45) is 0 Å². The van der Waals surface area contributed by atoms with Crippen LogP contribution in [0.15, 0.2) is 35.9 Å². The lowest BCUT2D eigenvalue weighted by atomic mass is 9.75. The standard InChI is InChI=1S/C26H29F3O2/c1-7-16-14-17(19-12-13-20(27)23(29)22(19)28)10-11-18(16)21-15(4)25(5,8-2)31-26(6,9-3)24(21)30/h10-14H,7-9H2,1-6H3. The fourth-order valence-corrected chi connectivity index (χ4v) is 4.26. The number of hydrogen-bond acceptors (Lipinski definition) is 2. The highest BCUT2D eigenvalue weighted by molar-refractivity contribution is 6.26. The van der Waals surface area contributed by atoms with Gasteiger partial charge in [0, 0.05) is 11.1 Å². The van der Waals surface area contributed by atoms with Crippen molar-refractivity contribution < 1.29 is 22.7 Å². The van der Waals surface area contributed by atoms with E-state index in [9.17, 15) is 18.0 Å². The number of hydrogen-bond donors (Lipinski definition) is 0. The van der Waals surface area contributed by atoms with Crippen LogP contribution >= 0.6 is 0 Å². The predicted molar refractivity (Wildman–Crippen MR) is 117 cm³/mol. The molecule has 0 saturated heterocycles. The molecule has 31 heavy (non-hydrogen) atoms. The molecule has 2 unspecified atom stereocenters. The minimum atomic E-state index is -1.49. The number of ketones is 1. The third-order valence-corrected chi connectivity index (χ3v) is 6.78. The highest BCUT2D eigenvalue weighted by Gasteiger charge is 2.48. The van der Waals surface area contributed by atoms with Crippen molar-refractivity contribution in [3.8, 4) is 11.1 Å². The Morgan fingerprint density at radius 1 is 0.871 bits per heavy atom. The molecule has 0 aliphatic carbocycles. The largest absolute Gasteiger partial charge is 0.357 e. The zero-order chi connectivity index (χ0) is 23.1. The van der Waals surface area contributed by atoms with Crippen molar-refractivity contribution in [1.82, 2.24) is 0 Å². The normalized spacial score (nSPS) is 24.1. The summed E-state index contributed by atoms with van der Waals surface area (Å²) in [6.45, 7) is 11.7. The molecule has 0 amide bonds. The van der Waals surface area contributed by atoms with Crippen LogP contribution in [0.1, 0.15) is 65.5 Å². The molecule has 2 atom stereocenters. The van der Waals surface area contributed by atoms with Crippen LogP contribution in [0.2, 0.25) is 0 Å². The topological polar surface area (TPSA) is 26.3 Å². The van der Waals surface area contributed by atoms with Gasteiger partial charge in [-0.15, -0.1) is 0 Å². The smallest absolute Gasteiger partial charge is 0.195 e. The molecule has 166 valence electrons. The molecule has 1 aliphatic heterocycles.